The molecule has 0 radical (unpaired) electrons. The molecule has 1 aromatic heterocycles. The van der Waals surface area contributed by atoms with Crippen molar-refractivity contribution in [2.24, 2.45) is 0 Å². The van der Waals surface area contributed by atoms with Crippen molar-refractivity contribution in [3.05, 3.63) is 11.9 Å². The second-order valence-electron chi connectivity index (χ2n) is 6.21. The Labute approximate surface area is 125 Å². The first kappa shape index (κ1) is 14.5. The van der Waals surface area contributed by atoms with Gasteiger partial charge in [-0.05, 0) is 38.5 Å². The van der Waals surface area contributed by atoms with Gasteiger partial charge < -0.3 is 10.2 Å². The molecular weight excluding hydrogens is 266 g/mol. The van der Waals surface area contributed by atoms with E-state index in [1.54, 1.807) is 4.68 Å². The molecule has 1 aliphatic heterocycles. The monoisotopic (exact) mass is 291 g/mol. The van der Waals surface area contributed by atoms with Crippen LogP contribution in [0.1, 0.15) is 51.1 Å². The number of likely N-dealkylation sites (tertiary alicyclic amines) is 1. The van der Waals surface area contributed by atoms with Crippen molar-refractivity contribution in [1.82, 2.24) is 25.2 Å². The molecule has 0 aromatic carbocycles. The third kappa shape index (κ3) is 3.81. The summed E-state index contributed by atoms with van der Waals surface area (Å²) >= 11 is 0. The van der Waals surface area contributed by atoms with Crippen molar-refractivity contribution in [2.45, 2.75) is 70.6 Å². The van der Waals surface area contributed by atoms with Gasteiger partial charge in [0.2, 0.25) is 5.91 Å². The predicted octanol–water partition coefficient (Wildman–Crippen LogP) is 1.32. The van der Waals surface area contributed by atoms with Gasteiger partial charge in [0.05, 0.1) is 11.9 Å². The van der Waals surface area contributed by atoms with Crippen LogP contribution in [0.15, 0.2) is 6.20 Å². The van der Waals surface area contributed by atoms with E-state index in [4.69, 9.17) is 0 Å². The van der Waals surface area contributed by atoms with Crippen LogP contribution in [0.25, 0.3) is 0 Å². The van der Waals surface area contributed by atoms with E-state index in [-0.39, 0.29) is 5.91 Å². The van der Waals surface area contributed by atoms with E-state index in [1.165, 1.54) is 19.3 Å². The molecule has 1 aromatic rings. The lowest BCUT2D eigenvalue weighted by Gasteiger charge is -2.35. The van der Waals surface area contributed by atoms with Gasteiger partial charge in [0, 0.05) is 25.2 Å². The van der Waals surface area contributed by atoms with Crippen molar-refractivity contribution < 1.29 is 4.79 Å². The number of piperidine rings is 1. The summed E-state index contributed by atoms with van der Waals surface area (Å²) in [4.78, 5) is 14.5. The lowest BCUT2D eigenvalue weighted by molar-refractivity contribution is -0.135. The molecule has 1 amide bonds. The van der Waals surface area contributed by atoms with Gasteiger partial charge in [-0.1, -0.05) is 12.1 Å². The first-order valence-corrected chi connectivity index (χ1v) is 8.18. The van der Waals surface area contributed by atoms with Gasteiger partial charge in [-0.3, -0.25) is 4.79 Å². The first-order valence-electron chi connectivity index (χ1n) is 8.18. The van der Waals surface area contributed by atoms with E-state index in [0.717, 1.165) is 38.0 Å². The van der Waals surface area contributed by atoms with Crippen molar-refractivity contribution in [2.75, 3.05) is 6.54 Å². The normalized spacial score (nSPS) is 22.5. The molecule has 2 heterocycles. The van der Waals surface area contributed by atoms with E-state index >= 15 is 0 Å². The number of amides is 1. The molecule has 116 valence electrons. The summed E-state index contributed by atoms with van der Waals surface area (Å²) in [6.45, 7) is 4.11. The molecule has 3 rings (SSSR count). The van der Waals surface area contributed by atoms with Gasteiger partial charge in [0.25, 0.3) is 0 Å². The lowest BCUT2D eigenvalue weighted by atomic mass is 10.00. The Hall–Kier alpha value is -1.43. The average molecular weight is 291 g/mol. The fourth-order valence-corrected chi connectivity index (χ4v) is 3.02. The number of hydrogen-bond donors (Lipinski definition) is 1. The highest BCUT2D eigenvalue weighted by atomic mass is 16.2. The minimum Gasteiger partial charge on any atom is -0.338 e. The summed E-state index contributed by atoms with van der Waals surface area (Å²) in [6, 6.07) is 1.07. The summed E-state index contributed by atoms with van der Waals surface area (Å²) in [5.74, 6) is 0.174. The summed E-state index contributed by atoms with van der Waals surface area (Å²) in [5, 5.41) is 11.6. The SMILES string of the molecule is CCC1CCCCN1C(=O)Cn1cc(CNC2CC2)nn1. The lowest BCUT2D eigenvalue weighted by Crippen LogP contribution is -2.44. The van der Waals surface area contributed by atoms with Crippen LogP contribution < -0.4 is 5.32 Å². The van der Waals surface area contributed by atoms with Crippen molar-refractivity contribution in [1.29, 1.82) is 0 Å². The van der Waals surface area contributed by atoms with E-state index < -0.39 is 0 Å². The van der Waals surface area contributed by atoms with Crippen LogP contribution >= 0.6 is 0 Å². The number of nitrogens with one attached hydrogen (secondary N) is 1. The van der Waals surface area contributed by atoms with Crippen LogP contribution in [-0.4, -0.2) is 44.4 Å². The fraction of sp³-hybridized carbons (Fsp3) is 0.800. The Balaban J connectivity index is 1.53. The molecular formula is C15H25N5O. The highest BCUT2D eigenvalue weighted by molar-refractivity contribution is 5.76. The van der Waals surface area contributed by atoms with Crippen molar-refractivity contribution >= 4 is 5.91 Å². The minimum absolute atomic E-state index is 0.174. The molecule has 2 fully saturated rings. The molecule has 1 N–H and O–H groups in total. The van der Waals surface area contributed by atoms with Gasteiger partial charge >= 0.3 is 0 Å². The maximum Gasteiger partial charge on any atom is 0.244 e. The van der Waals surface area contributed by atoms with E-state index in [2.05, 4.69) is 22.6 Å². The highest BCUT2D eigenvalue weighted by Crippen LogP contribution is 2.20. The summed E-state index contributed by atoms with van der Waals surface area (Å²) < 4.78 is 1.67. The molecule has 6 nitrogen and oxygen atoms in total. The summed E-state index contributed by atoms with van der Waals surface area (Å²) in [5.41, 5.74) is 0.917. The maximum absolute atomic E-state index is 12.4. The molecule has 0 bridgehead atoms. The number of hydrogen-bond acceptors (Lipinski definition) is 4. The summed E-state index contributed by atoms with van der Waals surface area (Å²) in [6.07, 6.45) is 8.95. The number of aromatic nitrogens is 3. The Morgan fingerprint density at radius 2 is 2.24 bits per heavy atom. The van der Waals surface area contributed by atoms with Gasteiger partial charge in [-0.25, -0.2) is 4.68 Å². The number of carbonyl (C=O) groups excluding carboxylic acids is 1. The zero-order valence-electron chi connectivity index (χ0n) is 12.8. The van der Waals surface area contributed by atoms with Crippen LogP contribution in [0.2, 0.25) is 0 Å². The Morgan fingerprint density at radius 1 is 1.38 bits per heavy atom. The number of nitrogens with zero attached hydrogens (tertiary/aromatic N) is 4. The van der Waals surface area contributed by atoms with Crippen LogP contribution in [0, 0.1) is 0 Å². The highest BCUT2D eigenvalue weighted by Gasteiger charge is 2.25. The second kappa shape index (κ2) is 6.56. The van der Waals surface area contributed by atoms with Gasteiger partial charge in [0.15, 0.2) is 0 Å². The van der Waals surface area contributed by atoms with Gasteiger partial charge in [0.1, 0.15) is 6.54 Å². The first-order chi connectivity index (χ1) is 10.3. The molecule has 1 unspecified atom stereocenters. The Kier molecular flexibility index (Phi) is 4.53. The topological polar surface area (TPSA) is 63.1 Å². The van der Waals surface area contributed by atoms with Crippen molar-refractivity contribution in [3.8, 4) is 0 Å². The van der Waals surface area contributed by atoms with Crippen LogP contribution in [0.3, 0.4) is 0 Å². The molecule has 1 aliphatic carbocycles. The molecule has 1 saturated carbocycles. The van der Waals surface area contributed by atoms with Crippen molar-refractivity contribution in [3.63, 3.8) is 0 Å². The second-order valence-corrected chi connectivity index (χ2v) is 6.21. The van der Waals surface area contributed by atoms with Crippen LogP contribution in [-0.2, 0) is 17.9 Å². The van der Waals surface area contributed by atoms with Gasteiger partial charge in [-0.15, -0.1) is 5.10 Å². The standard InChI is InChI=1S/C15H25N5O/c1-2-14-5-3-4-8-20(14)15(21)11-19-10-13(17-18-19)9-16-12-6-7-12/h10,12,14,16H,2-9,11H2,1H3. The molecule has 1 saturated heterocycles. The molecule has 0 spiro atoms. The van der Waals surface area contributed by atoms with E-state index in [0.29, 0.717) is 18.6 Å². The molecule has 2 aliphatic rings. The smallest absolute Gasteiger partial charge is 0.244 e. The largest absolute Gasteiger partial charge is 0.338 e. The summed E-state index contributed by atoms with van der Waals surface area (Å²) in [7, 11) is 0. The molecule has 6 heteroatoms. The van der Waals surface area contributed by atoms with Gasteiger partial charge in [-0.2, -0.15) is 0 Å². The predicted molar refractivity (Wildman–Crippen MR) is 79.5 cm³/mol. The Bertz CT molecular complexity index is 482. The minimum atomic E-state index is 0.174. The van der Waals surface area contributed by atoms with Crippen LogP contribution in [0.4, 0.5) is 0 Å². The Morgan fingerprint density at radius 3 is 3.00 bits per heavy atom. The zero-order chi connectivity index (χ0) is 14.7. The third-order valence-electron chi connectivity index (χ3n) is 4.45. The fourth-order valence-electron chi connectivity index (χ4n) is 3.02. The number of carbonyl (C=O) groups is 1. The average Bonchev–Trinajstić information content (AvgIpc) is 3.24. The quantitative estimate of drug-likeness (QED) is 0.858. The molecule has 1 atom stereocenters. The number of rotatable bonds is 6. The third-order valence-corrected chi connectivity index (χ3v) is 4.45. The van der Waals surface area contributed by atoms with E-state index in [1.807, 2.05) is 11.1 Å². The van der Waals surface area contributed by atoms with Crippen LogP contribution in [0.5, 0.6) is 0 Å². The molecule has 21 heavy (non-hydrogen) atoms. The maximum atomic E-state index is 12.4. The zero-order valence-corrected chi connectivity index (χ0v) is 12.8. The van der Waals surface area contributed by atoms with E-state index in [9.17, 15) is 4.79 Å².